The summed E-state index contributed by atoms with van der Waals surface area (Å²) in [5.41, 5.74) is 0.998. The summed E-state index contributed by atoms with van der Waals surface area (Å²) < 4.78 is 11.0. The molecule has 0 radical (unpaired) electrons. The molecule has 0 fully saturated rings. The molecule has 0 aliphatic heterocycles. The Bertz CT molecular complexity index is 400. The van der Waals surface area contributed by atoms with Gasteiger partial charge in [0.1, 0.15) is 12.4 Å². The van der Waals surface area contributed by atoms with E-state index in [1.165, 1.54) is 9.21 Å². The van der Waals surface area contributed by atoms with Crippen molar-refractivity contribution in [3.05, 3.63) is 29.8 Å². The van der Waals surface area contributed by atoms with Gasteiger partial charge in [0.25, 0.3) is 0 Å². The fraction of sp³-hybridized carbons (Fsp3) is 0.533. The summed E-state index contributed by atoms with van der Waals surface area (Å²) in [5.74, 6) is 1.49. The van der Waals surface area contributed by atoms with Crippen LogP contribution >= 0.6 is 30.4 Å². The maximum absolute atomic E-state index is 5.74. The Morgan fingerprint density at radius 2 is 1.95 bits per heavy atom. The van der Waals surface area contributed by atoms with E-state index < -0.39 is 0 Å². The highest BCUT2D eigenvalue weighted by Gasteiger charge is 2.03. The van der Waals surface area contributed by atoms with Gasteiger partial charge in [-0.3, -0.25) is 0 Å². The first-order valence-corrected chi connectivity index (χ1v) is 10.3. The molecule has 6 heteroatoms. The van der Waals surface area contributed by atoms with Gasteiger partial charge in [0, 0.05) is 21.2 Å². The number of oxime groups is 1. The molecule has 21 heavy (non-hydrogen) atoms. The molecular formula is C15H22INO3S. The van der Waals surface area contributed by atoms with E-state index in [9.17, 15) is 0 Å². The molecule has 1 aromatic carbocycles. The van der Waals surface area contributed by atoms with E-state index in [0.717, 1.165) is 37.4 Å². The molecule has 4 nitrogen and oxygen atoms in total. The van der Waals surface area contributed by atoms with Gasteiger partial charge in [0.2, 0.25) is 0 Å². The van der Waals surface area contributed by atoms with Crippen LogP contribution in [-0.2, 0) is 9.02 Å². The lowest BCUT2D eigenvalue weighted by Crippen LogP contribution is -2.06. The first kappa shape index (κ1) is 18.6. The molecule has 0 saturated heterocycles. The van der Waals surface area contributed by atoms with Gasteiger partial charge in [-0.25, -0.2) is 0 Å². The van der Waals surface area contributed by atoms with Crippen LogP contribution in [0.1, 0.15) is 32.3 Å². The summed E-state index contributed by atoms with van der Waals surface area (Å²) in [7, 11) is 1.39. The maximum Gasteiger partial charge on any atom is 0.119 e. The Hall–Kier alpha value is -0.470. The number of nitrogens with zero attached hydrogens (tertiary/aromatic N) is 1. The van der Waals surface area contributed by atoms with E-state index in [1.54, 1.807) is 6.21 Å². The van der Waals surface area contributed by atoms with E-state index in [0.29, 0.717) is 12.5 Å². The zero-order chi connectivity index (χ0) is 15.3. The van der Waals surface area contributed by atoms with Crippen molar-refractivity contribution in [3.63, 3.8) is 0 Å². The number of hydrogen-bond acceptors (Lipinski definition) is 5. The largest absolute Gasteiger partial charge is 0.494 e. The zero-order valence-electron chi connectivity index (χ0n) is 12.5. The molecule has 1 aromatic rings. The van der Waals surface area contributed by atoms with E-state index in [4.69, 9.17) is 13.8 Å². The van der Waals surface area contributed by atoms with Gasteiger partial charge in [-0.15, -0.1) is 0 Å². The van der Waals surface area contributed by atoms with Gasteiger partial charge in [-0.1, -0.05) is 12.1 Å². The summed E-state index contributed by atoms with van der Waals surface area (Å²) in [4.78, 5) is 4.93. The second-order valence-electron chi connectivity index (χ2n) is 4.64. The van der Waals surface area contributed by atoms with Crippen LogP contribution in [0.15, 0.2) is 29.4 Å². The molecule has 0 N–H and O–H groups in total. The first-order chi connectivity index (χ1) is 10.3. The van der Waals surface area contributed by atoms with Gasteiger partial charge in [-0.05, 0) is 55.5 Å². The number of rotatable bonds is 11. The minimum Gasteiger partial charge on any atom is -0.494 e. The van der Waals surface area contributed by atoms with Gasteiger partial charge in [0.05, 0.1) is 28.6 Å². The Balaban J connectivity index is 2.23. The highest BCUT2D eigenvalue weighted by molar-refractivity contribution is 14.2. The number of ether oxygens (including phenoxy) is 1. The third-order valence-electron chi connectivity index (χ3n) is 2.90. The van der Waals surface area contributed by atoms with E-state index in [1.807, 2.05) is 31.2 Å². The lowest BCUT2D eigenvalue weighted by atomic mass is 10.1. The van der Waals surface area contributed by atoms with Crippen LogP contribution in [0.4, 0.5) is 0 Å². The van der Waals surface area contributed by atoms with Crippen LogP contribution in [0.2, 0.25) is 0 Å². The summed E-state index contributed by atoms with van der Waals surface area (Å²) in [6.45, 7) is 6.23. The molecule has 0 aromatic heterocycles. The van der Waals surface area contributed by atoms with Crippen LogP contribution in [0.3, 0.4) is 0 Å². The predicted octanol–water partition coefficient (Wildman–Crippen LogP) is 4.87. The third-order valence-corrected chi connectivity index (χ3v) is 3.92. The van der Waals surface area contributed by atoms with E-state index in [-0.39, 0.29) is 0 Å². The van der Waals surface area contributed by atoms with Crippen LogP contribution < -0.4 is 4.74 Å². The molecule has 0 aliphatic carbocycles. The van der Waals surface area contributed by atoms with Crippen LogP contribution in [-0.4, -0.2) is 26.0 Å². The minimum atomic E-state index is 0.581. The molecule has 0 heterocycles. The maximum atomic E-state index is 5.74. The van der Waals surface area contributed by atoms with Crippen molar-refractivity contribution in [2.75, 3.05) is 19.8 Å². The van der Waals surface area contributed by atoms with Gasteiger partial charge >= 0.3 is 0 Å². The molecule has 0 aliphatic rings. The van der Waals surface area contributed by atoms with Gasteiger partial charge in [-0.2, -0.15) is 0 Å². The van der Waals surface area contributed by atoms with Crippen LogP contribution in [0.5, 0.6) is 5.75 Å². The summed E-state index contributed by atoms with van der Waals surface area (Å²) in [6.07, 6.45) is 3.79. The molecule has 1 atom stereocenters. The molecule has 118 valence electrons. The molecular weight excluding hydrogens is 401 g/mol. The lowest BCUT2D eigenvalue weighted by molar-refractivity contribution is 0.160. The quantitative estimate of drug-likeness (QED) is 0.168. The van der Waals surface area contributed by atoms with Crippen molar-refractivity contribution in [2.24, 2.45) is 11.1 Å². The molecule has 0 spiro atoms. The molecule has 0 amide bonds. The summed E-state index contributed by atoms with van der Waals surface area (Å²) in [5, 5.41) is 3.83. The van der Waals surface area contributed by atoms with Crippen molar-refractivity contribution in [2.45, 2.75) is 26.7 Å². The Kier molecular flexibility index (Phi) is 10.7. The van der Waals surface area contributed by atoms with Crippen molar-refractivity contribution in [3.8, 4) is 5.75 Å². The predicted molar refractivity (Wildman–Crippen MR) is 97.1 cm³/mol. The number of benzene rings is 1. The highest BCUT2D eigenvalue weighted by atomic mass is 127. The van der Waals surface area contributed by atoms with Crippen molar-refractivity contribution < 1.29 is 13.8 Å². The fourth-order valence-corrected chi connectivity index (χ4v) is 2.32. The Morgan fingerprint density at radius 3 is 2.62 bits per heavy atom. The lowest BCUT2D eigenvalue weighted by Gasteiger charge is -2.11. The average molecular weight is 423 g/mol. The van der Waals surface area contributed by atoms with Crippen LogP contribution in [0, 0.1) is 5.92 Å². The first-order valence-electron chi connectivity index (χ1n) is 7.04. The standard InChI is InChI=1S/C15H22INO3S/c1-3-19-17-12-14-4-6-15(7-5-14)18-10-8-13(2)9-11-20-21-16/h4-7,12-13H,3,8-11H2,1-2H3/b17-12+. The Labute approximate surface area is 143 Å². The zero-order valence-corrected chi connectivity index (χ0v) is 15.4. The van der Waals surface area contributed by atoms with Crippen LogP contribution in [0.25, 0.3) is 0 Å². The normalized spacial score (nSPS) is 12.5. The van der Waals surface area contributed by atoms with Crippen molar-refractivity contribution in [1.82, 2.24) is 0 Å². The molecule has 1 unspecified atom stereocenters. The molecule has 0 saturated carbocycles. The second-order valence-corrected chi connectivity index (χ2v) is 6.08. The van der Waals surface area contributed by atoms with Crippen molar-refractivity contribution >= 4 is 36.6 Å². The monoisotopic (exact) mass is 423 g/mol. The fourth-order valence-electron chi connectivity index (χ4n) is 1.63. The minimum absolute atomic E-state index is 0.581. The smallest absolute Gasteiger partial charge is 0.119 e. The highest BCUT2D eigenvalue weighted by Crippen LogP contribution is 2.16. The van der Waals surface area contributed by atoms with Crippen molar-refractivity contribution in [1.29, 1.82) is 0 Å². The summed E-state index contributed by atoms with van der Waals surface area (Å²) in [6, 6.07) is 7.83. The average Bonchev–Trinajstić information content (AvgIpc) is 2.49. The molecule has 0 bridgehead atoms. The number of halogens is 1. The Morgan fingerprint density at radius 1 is 1.24 bits per heavy atom. The van der Waals surface area contributed by atoms with E-state index >= 15 is 0 Å². The topological polar surface area (TPSA) is 40.0 Å². The summed E-state index contributed by atoms with van der Waals surface area (Å²) >= 11 is 2.14. The SMILES string of the molecule is CCO/N=C/c1ccc(OCCC(C)CCOSI)cc1. The van der Waals surface area contributed by atoms with Gasteiger partial charge < -0.3 is 13.8 Å². The van der Waals surface area contributed by atoms with E-state index in [2.05, 4.69) is 33.3 Å². The third kappa shape index (κ3) is 9.21. The second kappa shape index (κ2) is 12.1. The molecule has 1 rings (SSSR count). The number of hydrogen-bond donors (Lipinski definition) is 0. The van der Waals surface area contributed by atoms with Gasteiger partial charge in [0.15, 0.2) is 0 Å².